The van der Waals surface area contributed by atoms with Crippen molar-refractivity contribution in [3.8, 4) is 11.4 Å². The molecule has 0 bridgehead atoms. The minimum Gasteiger partial charge on any atom is -0.396 e. The third kappa shape index (κ3) is 3.49. The van der Waals surface area contributed by atoms with Gasteiger partial charge in [-0.2, -0.15) is 4.98 Å². The van der Waals surface area contributed by atoms with E-state index in [-0.39, 0.29) is 24.3 Å². The van der Waals surface area contributed by atoms with E-state index in [9.17, 15) is 9.50 Å². The number of hydrogen-bond donors (Lipinski definition) is 1. The lowest BCUT2D eigenvalue weighted by Gasteiger charge is -2.15. The number of aliphatic hydroxyl groups is 1. The minimum absolute atomic E-state index is 0.00861. The smallest absolute Gasteiger partial charge is 0.231 e. The van der Waals surface area contributed by atoms with Crippen LogP contribution >= 0.6 is 0 Å². The van der Waals surface area contributed by atoms with E-state index in [2.05, 4.69) is 20.0 Å². The molecule has 1 aliphatic heterocycles. The Morgan fingerprint density at radius 2 is 2.04 bits per heavy atom. The van der Waals surface area contributed by atoms with E-state index in [1.54, 1.807) is 18.5 Å². The molecule has 0 amide bonds. The number of aromatic nitrogens is 3. The first kappa shape index (κ1) is 16.8. The van der Waals surface area contributed by atoms with Crippen LogP contribution in [0.2, 0.25) is 0 Å². The number of nitrogens with zero attached hydrogens (tertiary/aromatic N) is 4. The van der Waals surface area contributed by atoms with Crippen molar-refractivity contribution < 1.29 is 14.0 Å². The number of pyridine rings is 1. The fraction of sp³-hybridized carbons (Fsp3) is 0.316. The minimum atomic E-state index is -0.240. The first-order valence-electron chi connectivity index (χ1n) is 8.54. The summed E-state index contributed by atoms with van der Waals surface area (Å²) in [6, 6.07) is 10.2. The van der Waals surface area contributed by atoms with Crippen LogP contribution in [0.4, 0.5) is 4.39 Å². The molecule has 0 radical (unpaired) electrons. The van der Waals surface area contributed by atoms with E-state index in [0.717, 1.165) is 11.1 Å². The standard InChI is InChI=1S/C19H19FN4O2/c20-16-3-1-2-13(8-16)9-24-10-15(12-25)17(11-24)19-22-18(23-26-19)14-4-6-21-7-5-14/h1-8,15,17,25H,9-12H2/t15-,17+/m0/s1. The van der Waals surface area contributed by atoms with E-state index >= 15 is 0 Å². The van der Waals surface area contributed by atoms with Gasteiger partial charge in [0.1, 0.15) is 5.82 Å². The first-order valence-corrected chi connectivity index (χ1v) is 8.54. The Bertz CT molecular complexity index is 871. The molecule has 6 nitrogen and oxygen atoms in total. The van der Waals surface area contributed by atoms with Gasteiger partial charge in [-0.1, -0.05) is 17.3 Å². The average Bonchev–Trinajstić information content (AvgIpc) is 3.29. The first-order chi connectivity index (χ1) is 12.7. The molecule has 0 saturated carbocycles. The lowest BCUT2D eigenvalue weighted by atomic mass is 9.97. The van der Waals surface area contributed by atoms with Crippen LogP contribution in [0.15, 0.2) is 53.3 Å². The molecule has 0 spiro atoms. The Morgan fingerprint density at radius 3 is 2.81 bits per heavy atom. The highest BCUT2D eigenvalue weighted by molar-refractivity contribution is 5.52. The summed E-state index contributed by atoms with van der Waals surface area (Å²) in [6.45, 7) is 2.04. The van der Waals surface area contributed by atoms with Gasteiger partial charge in [0.15, 0.2) is 0 Å². The Balaban J connectivity index is 1.50. The molecule has 3 aromatic rings. The van der Waals surface area contributed by atoms with Crippen LogP contribution in [0.5, 0.6) is 0 Å². The second-order valence-corrected chi connectivity index (χ2v) is 6.57. The maximum Gasteiger partial charge on any atom is 0.231 e. The van der Waals surface area contributed by atoms with Gasteiger partial charge in [0.2, 0.25) is 11.7 Å². The highest BCUT2D eigenvalue weighted by atomic mass is 19.1. The van der Waals surface area contributed by atoms with E-state index in [4.69, 9.17) is 4.52 Å². The Kier molecular flexibility index (Phi) is 4.73. The topological polar surface area (TPSA) is 75.3 Å². The summed E-state index contributed by atoms with van der Waals surface area (Å²) in [5, 5.41) is 13.8. The van der Waals surface area contributed by atoms with Crippen LogP contribution in [0.3, 0.4) is 0 Å². The van der Waals surface area contributed by atoms with Gasteiger partial charge in [0.05, 0.1) is 5.92 Å². The predicted octanol–water partition coefficient (Wildman–Crippen LogP) is 2.48. The number of benzene rings is 1. The van der Waals surface area contributed by atoms with Crippen LogP contribution in [0.1, 0.15) is 17.4 Å². The molecular formula is C19H19FN4O2. The van der Waals surface area contributed by atoms with Crippen LogP contribution in [0, 0.1) is 11.7 Å². The Labute approximate surface area is 150 Å². The van der Waals surface area contributed by atoms with Crippen LogP contribution in [0.25, 0.3) is 11.4 Å². The third-order valence-corrected chi connectivity index (χ3v) is 4.74. The molecule has 1 saturated heterocycles. The Hall–Kier alpha value is -2.64. The largest absolute Gasteiger partial charge is 0.396 e. The van der Waals surface area contributed by atoms with E-state index < -0.39 is 0 Å². The zero-order valence-corrected chi connectivity index (χ0v) is 14.1. The summed E-state index contributed by atoms with van der Waals surface area (Å²) >= 11 is 0. The average molecular weight is 354 g/mol. The highest BCUT2D eigenvalue weighted by Crippen LogP contribution is 2.33. The summed E-state index contributed by atoms with van der Waals surface area (Å²) in [7, 11) is 0. The van der Waals surface area contributed by atoms with E-state index in [1.807, 2.05) is 18.2 Å². The van der Waals surface area contributed by atoms with Crippen LogP contribution in [-0.4, -0.2) is 44.8 Å². The number of hydrogen-bond acceptors (Lipinski definition) is 6. The van der Waals surface area contributed by atoms with Gasteiger partial charge in [-0.05, 0) is 29.8 Å². The zero-order chi connectivity index (χ0) is 17.9. The molecule has 1 N–H and O–H groups in total. The van der Waals surface area contributed by atoms with Crippen molar-refractivity contribution in [3.05, 3.63) is 66.1 Å². The Morgan fingerprint density at radius 1 is 1.19 bits per heavy atom. The molecule has 0 aliphatic carbocycles. The molecule has 2 aromatic heterocycles. The van der Waals surface area contributed by atoms with Crippen molar-refractivity contribution in [2.75, 3.05) is 19.7 Å². The van der Waals surface area contributed by atoms with Crippen LogP contribution in [-0.2, 0) is 6.54 Å². The normalized spacial score (nSPS) is 20.5. The second-order valence-electron chi connectivity index (χ2n) is 6.57. The number of likely N-dealkylation sites (tertiary alicyclic amines) is 1. The van der Waals surface area contributed by atoms with Gasteiger partial charge in [-0.25, -0.2) is 4.39 Å². The van der Waals surface area contributed by atoms with Crippen molar-refractivity contribution in [1.82, 2.24) is 20.0 Å². The molecule has 2 atom stereocenters. The van der Waals surface area contributed by atoms with Crippen molar-refractivity contribution in [3.63, 3.8) is 0 Å². The van der Waals surface area contributed by atoms with Crippen molar-refractivity contribution in [2.24, 2.45) is 5.92 Å². The van der Waals surface area contributed by atoms with Gasteiger partial charge in [-0.15, -0.1) is 0 Å². The van der Waals surface area contributed by atoms with Gasteiger partial charge in [0.25, 0.3) is 0 Å². The molecule has 3 heterocycles. The van der Waals surface area contributed by atoms with Crippen molar-refractivity contribution >= 4 is 0 Å². The summed E-state index contributed by atoms with van der Waals surface area (Å²) in [5.41, 5.74) is 1.75. The monoisotopic (exact) mass is 354 g/mol. The maximum atomic E-state index is 13.4. The van der Waals surface area contributed by atoms with E-state index in [1.165, 1.54) is 12.1 Å². The number of aliphatic hydroxyl groups excluding tert-OH is 1. The van der Waals surface area contributed by atoms with Crippen LogP contribution < -0.4 is 0 Å². The van der Waals surface area contributed by atoms with Gasteiger partial charge in [-0.3, -0.25) is 9.88 Å². The fourth-order valence-electron chi connectivity index (χ4n) is 3.45. The molecule has 26 heavy (non-hydrogen) atoms. The number of rotatable bonds is 5. The lowest BCUT2D eigenvalue weighted by molar-refractivity contribution is 0.205. The molecule has 1 aromatic carbocycles. The summed E-state index contributed by atoms with van der Waals surface area (Å²) in [6.07, 6.45) is 3.36. The van der Waals surface area contributed by atoms with Crippen molar-refractivity contribution in [2.45, 2.75) is 12.5 Å². The SMILES string of the molecule is OC[C@@H]1CN(Cc2cccc(F)c2)C[C@H]1c1nc(-c2ccncc2)no1. The molecule has 1 fully saturated rings. The lowest BCUT2D eigenvalue weighted by Crippen LogP contribution is -2.21. The molecular weight excluding hydrogens is 335 g/mol. The molecule has 1 aliphatic rings. The van der Waals surface area contributed by atoms with E-state index in [0.29, 0.717) is 31.3 Å². The number of halogens is 1. The quantitative estimate of drug-likeness (QED) is 0.759. The summed E-state index contributed by atoms with van der Waals surface area (Å²) in [4.78, 5) is 10.7. The summed E-state index contributed by atoms with van der Waals surface area (Å²) < 4.78 is 18.9. The van der Waals surface area contributed by atoms with Gasteiger partial charge in [0, 0.05) is 50.1 Å². The maximum absolute atomic E-state index is 13.4. The van der Waals surface area contributed by atoms with Crippen molar-refractivity contribution in [1.29, 1.82) is 0 Å². The third-order valence-electron chi connectivity index (χ3n) is 4.74. The summed E-state index contributed by atoms with van der Waals surface area (Å²) in [5.74, 6) is 0.766. The molecule has 7 heteroatoms. The second kappa shape index (κ2) is 7.31. The zero-order valence-electron chi connectivity index (χ0n) is 14.1. The molecule has 0 unspecified atom stereocenters. The predicted molar refractivity (Wildman–Crippen MR) is 92.5 cm³/mol. The fourth-order valence-corrected chi connectivity index (χ4v) is 3.45. The van der Waals surface area contributed by atoms with Gasteiger partial charge >= 0.3 is 0 Å². The van der Waals surface area contributed by atoms with Gasteiger partial charge < -0.3 is 9.63 Å². The molecule has 134 valence electrons. The highest BCUT2D eigenvalue weighted by Gasteiger charge is 2.37. The molecule has 4 rings (SSSR count).